The molecule has 1 aliphatic rings. The number of carbonyl (C=O) groups is 1. The van der Waals surface area contributed by atoms with Crippen LogP contribution in [0.15, 0.2) is 5.10 Å². The van der Waals surface area contributed by atoms with Gasteiger partial charge in [-0.1, -0.05) is 19.3 Å². The van der Waals surface area contributed by atoms with Crippen molar-refractivity contribution in [2.24, 2.45) is 16.8 Å². The van der Waals surface area contributed by atoms with Crippen molar-refractivity contribution in [3.8, 4) is 5.88 Å². The van der Waals surface area contributed by atoms with Crippen molar-refractivity contribution in [2.75, 3.05) is 18.1 Å². The highest BCUT2D eigenvalue weighted by atomic mass is 16.5. The van der Waals surface area contributed by atoms with Gasteiger partial charge in [-0.25, -0.2) is 10.2 Å². The average molecular weight is 307 g/mol. The molecule has 0 atom stereocenters. The van der Waals surface area contributed by atoms with Gasteiger partial charge >= 0.3 is 6.03 Å². The Kier molecular flexibility index (Phi) is 5.34. The largest absolute Gasteiger partial charge is 0.477 e. The molecule has 0 aliphatic heterocycles. The predicted octanol–water partition coefficient (Wildman–Crippen LogP) is 0.602. The summed E-state index contributed by atoms with van der Waals surface area (Å²) in [6.07, 6.45) is 7.29. The van der Waals surface area contributed by atoms with Crippen LogP contribution in [0.2, 0.25) is 0 Å². The number of aromatic nitrogens is 2. The summed E-state index contributed by atoms with van der Waals surface area (Å²) in [5, 5.41) is 3.66. The number of amides is 2. The Bertz CT molecular complexity index is 556. The van der Waals surface area contributed by atoms with Gasteiger partial charge in [-0.2, -0.15) is 15.1 Å². The summed E-state index contributed by atoms with van der Waals surface area (Å²) >= 11 is 0. The number of nitrogens with two attached hydrogens (primary N) is 3. The maximum Gasteiger partial charge on any atom is 0.332 e. The molecule has 1 fully saturated rings. The van der Waals surface area contributed by atoms with Crippen LogP contribution in [0.3, 0.4) is 0 Å². The van der Waals surface area contributed by atoms with E-state index in [1.165, 1.54) is 25.5 Å². The summed E-state index contributed by atoms with van der Waals surface area (Å²) in [6.45, 7) is 0.542. The maximum atomic E-state index is 10.6. The molecule has 2 amide bonds. The second-order valence-corrected chi connectivity index (χ2v) is 5.24. The number of anilines is 2. The summed E-state index contributed by atoms with van der Waals surface area (Å²) in [7, 11) is 0. The molecule has 1 aromatic heterocycles. The third kappa shape index (κ3) is 4.47. The standard InChI is InChI=1S/C13H21N7O2/c14-10-9(6-17-20-13(16)21)11(19-12(15)18-10)22-7-8-4-2-1-3-5-8/h6,8H,1-5,7H2,(H3,16,20,21)(H4,14,15,18,19)/b17-6+. The van der Waals surface area contributed by atoms with Crippen molar-refractivity contribution in [1.82, 2.24) is 15.4 Å². The highest BCUT2D eigenvalue weighted by Gasteiger charge is 2.17. The van der Waals surface area contributed by atoms with Crippen LogP contribution in [0.5, 0.6) is 5.88 Å². The monoisotopic (exact) mass is 307 g/mol. The van der Waals surface area contributed by atoms with E-state index in [-0.39, 0.29) is 17.6 Å². The van der Waals surface area contributed by atoms with Crippen molar-refractivity contribution in [3.63, 3.8) is 0 Å². The predicted molar refractivity (Wildman–Crippen MR) is 83.2 cm³/mol. The molecule has 1 heterocycles. The van der Waals surface area contributed by atoms with Crippen molar-refractivity contribution in [3.05, 3.63) is 5.56 Å². The van der Waals surface area contributed by atoms with Crippen molar-refractivity contribution in [1.29, 1.82) is 0 Å². The Morgan fingerprint density at radius 3 is 2.73 bits per heavy atom. The first-order valence-electron chi connectivity index (χ1n) is 7.20. The zero-order valence-corrected chi connectivity index (χ0v) is 12.3. The van der Waals surface area contributed by atoms with Crippen LogP contribution < -0.4 is 27.4 Å². The van der Waals surface area contributed by atoms with Crippen LogP contribution in [0.25, 0.3) is 0 Å². The quantitative estimate of drug-likeness (QED) is 0.461. The van der Waals surface area contributed by atoms with Gasteiger partial charge in [-0.3, -0.25) is 0 Å². The Balaban J connectivity index is 2.10. The minimum atomic E-state index is -0.782. The number of hydrogen-bond acceptors (Lipinski definition) is 7. The summed E-state index contributed by atoms with van der Waals surface area (Å²) in [5.74, 6) is 0.905. The number of nitrogens with one attached hydrogen (secondary N) is 1. The molecule has 2 rings (SSSR count). The minimum Gasteiger partial charge on any atom is -0.477 e. The fourth-order valence-corrected chi connectivity index (χ4v) is 2.42. The molecule has 9 heteroatoms. The van der Waals surface area contributed by atoms with Crippen molar-refractivity contribution >= 4 is 24.0 Å². The van der Waals surface area contributed by atoms with Crippen LogP contribution in [-0.2, 0) is 0 Å². The zero-order chi connectivity index (χ0) is 15.9. The van der Waals surface area contributed by atoms with E-state index < -0.39 is 6.03 Å². The molecule has 22 heavy (non-hydrogen) atoms. The van der Waals surface area contributed by atoms with Crippen molar-refractivity contribution < 1.29 is 9.53 Å². The van der Waals surface area contributed by atoms with Gasteiger partial charge in [-0.15, -0.1) is 0 Å². The number of ether oxygens (including phenoxy) is 1. The third-order valence-electron chi connectivity index (χ3n) is 3.51. The smallest absolute Gasteiger partial charge is 0.332 e. The first kappa shape index (κ1) is 15.8. The molecule has 0 spiro atoms. The molecule has 0 aromatic carbocycles. The number of primary amides is 1. The molecule has 7 N–H and O–H groups in total. The molecule has 1 saturated carbocycles. The summed E-state index contributed by atoms with van der Waals surface area (Å²) in [5.41, 5.74) is 18.8. The Hall–Kier alpha value is -2.58. The fourth-order valence-electron chi connectivity index (χ4n) is 2.42. The topological polar surface area (TPSA) is 155 Å². The molecule has 1 aromatic rings. The van der Waals surface area contributed by atoms with Crippen LogP contribution in [0.1, 0.15) is 37.7 Å². The van der Waals surface area contributed by atoms with E-state index >= 15 is 0 Å². The van der Waals surface area contributed by atoms with E-state index in [0.717, 1.165) is 12.8 Å². The molecule has 0 unspecified atom stereocenters. The lowest BCUT2D eigenvalue weighted by Gasteiger charge is -2.21. The minimum absolute atomic E-state index is 0.0242. The second kappa shape index (κ2) is 7.43. The highest BCUT2D eigenvalue weighted by Crippen LogP contribution is 2.26. The average Bonchev–Trinajstić information content (AvgIpc) is 2.48. The SMILES string of the molecule is NC(=O)N/N=C/c1c(N)nc(N)nc1OCC1CCCCC1. The normalized spacial score (nSPS) is 15.8. The van der Waals surface area contributed by atoms with Gasteiger partial charge in [0.1, 0.15) is 5.82 Å². The molecule has 9 nitrogen and oxygen atoms in total. The Morgan fingerprint density at radius 2 is 2.05 bits per heavy atom. The van der Waals surface area contributed by atoms with Gasteiger partial charge in [0, 0.05) is 0 Å². The number of urea groups is 1. The van der Waals surface area contributed by atoms with E-state index in [1.807, 2.05) is 0 Å². The first-order valence-corrected chi connectivity index (χ1v) is 7.20. The molecular formula is C13H21N7O2. The van der Waals surface area contributed by atoms with Gasteiger partial charge in [0.05, 0.1) is 18.4 Å². The molecule has 0 radical (unpaired) electrons. The Labute approximate surface area is 128 Å². The molecule has 120 valence electrons. The molecule has 0 bridgehead atoms. The molecule has 0 saturated heterocycles. The van der Waals surface area contributed by atoms with Gasteiger partial charge in [0.2, 0.25) is 11.8 Å². The molecular weight excluding hydrogens is 286 g/mol. The van der Waals surface area contributed by atoms with E-state index in [0.29, 0.717) is 18.1 Å². The third-order valence-corrected chi connectivity index (χ3v) is 3.51. The number of nitrogen functional groups attached to an aromatic ring is 2. The summed E-state index contributed by atoms with van der Waals surface area (Å²) < 4.78 is 5.75. The van der Waals surface area contributed by atoms with Crippen LogP contribution in [-0.4, -0.2) is 28.8 Å². The molecule has 1 aliphatic carbocycles. The Morgan fingerprint density at radius 1 is 1.32 bits per heavy atom. The van der Waals surface area contributed by atoms with Crippen LogP contribution in [0, 0.1) is 5.92 Å². The number of nitrogens with zero attached hydrogens (tertiary/aromatic N) is 3. The van der Waals surface area contributed by atoms with Gasteiger partial charge in [0.15, 0.2) is 0 Å². The number of hydrazone groups is 1. The fraction of sp³-hybridized carbons (Fsp3) is 0.538. The summed E-state index contributed by atoms with van der Waals surface area (Å²) in [4.78, 5) is 18.5. The van der Waals surface area contributed by atoms with Gasteiger partial charge < -0.3 is 21.9 Å². The summed E-state index contributed by atoms with van der Waals surface area (Å²) in [6, 6.07) is -0.782. The second-order valence-electron chi connectivity index (χ2n) is 5.24. The van der Waals surface area contributed by atoms with Crippen LogP contribution in [0.4, 0.5) is 16.6 Å². The van der Waals surface area contributed by atoms with Gasteiger partial charge in [-0.05, 0) is 18.8 Å². The van der Waals surface area contributed by atoms with Crippen LogP contribution >= 0.6 is 0 Å². The van der Waals surface area contributed by atoms with Gasteiger partial charge in [0.25, 0.3) is 0 Å². The lowest BCUT2D eigenvalue weighted by Crippen LogP contribution is -2.24. The number of carbonyl (C=O) groups excluding carboxylic acids is 1. The maximum absolute atomic E-state index is 10.6. The zero-order valence-electron chi connectivity index (χ0n) is 12.3. The lowest BCUT2D eigenvalue weighted by molar-refractivity contribution is 0.203. The number of hydrogen-bond donors (Lipinski definition) is 4. The van der Waals surface area contributed by atoms with E-state index in [9.17, 15) is 4.79 Å². The lowest BCUT2D eigenvalue weighted by atomic mass is 9.90. The highest BCUT2D eigenvalue weighted by molar-refractivity contribution is 5.89. The first-order chi connectivity index (χ1) is 10.6. The van der Waals surface area contributed by atoms with Crippen molar-refractivity contribution in [2.45, 2.75) is 32.1 Å². The van der Waals surface area contributed by atoms with E-state index in [1.54, 1.807) is 0 Å². The van der Waals surface area contributed by atoms with E-state index in [4.69, 9.17) is 21.9 Å². The number of rotatable bonds is 5. The van der Waals surface area contributed by atoms with E-state index in [2.05, 4.69) is 20.5 Å².